The average molecular weight is 516 g/mol. The van der Waals surface area contributed by atoms with Crippen LogP contribution < -0.4 is 10.6 Å². The quantitative estimate of drug-likeness (QED) is 0.346. The van der Waals surface area contributed by atoms with Crippen molar-refractivity contribution in [1.82, 2.24) is 14.7 Å². The average Bonchev–Trinajstić information content (AvgIpc) is 2.79. The lowest BCUT2D eigenvalue weighted by Gasteiger charge is -2.27. The molecule has 37 heavy (non-hydrogen) atoms. The zero-order valence-electron chi connectivity index (χ0n) is 20.1. The summed E-state index contributed by atoms with van der Waals surface area (Å²) in [6, 6.07) is 10.7. The molecular weight excluding hydrogens is 486 g/mol. The minimum Gasteiger partial charge on any atom is -0.480 e. The van der Waals surface area contributed by atoms with Gasteiger partial charge in [-0.25, -0.2) is 0 Å². The van der Waals surface area contributed by atoms with Crippen LogP contribution in [0.4, 0.5) is 11.4 Å². The van der Waals surface area contributed by atoms with Crippen LogP contribution in [0.2, 0.25) is 0 Å². The Morgan fingerprint density at radius 2 is 1.00 bits per heavy atom. The molecule has 0 aromatic heterocycles. The van der Waals surface area contributed by atoms with Crippen molar-refractivity contribution in [3.05, 3.63) is 36.4 Å². The second-order valence-corrected chi connectivity index (χ2v) is 8.72. The molecule has 0 spiro atoms. The highest BCUT2D eigenvalue weighted by Gasteiger charge is 2.22. The Kier molecular flexibility index (Phi) is 9.49. The van der Waals surface area contributed by atoms with E-state index in [1.165, 1.54) is 14.7 Å². The van der Waals surface area contributed by atoms with Gasteiger partial charge in [-0.2, -0.15) is 0 Å². The van der Waals surface area contributed by atoms with Gasteiger partial charge in [-0.15, -0.1) is 0 Å². The van der Waals surface area contributed by atoms with Crippen LogP contribution >= 0.6 is 0 Å². The van der Waals surface area contributed by atoms with Crippen molar-refractivity contribution in [2.45, 2.75) is 0 Å². The van der Waals surface area contributed by atoms with Gasteiger partial charge in [0.05, 0.1) is 44.1 Å². The van der Waals surface area contributed by atoms with Crippen molar-refractivity contribution in [2.75, 3.05) is 69.5 Å². The summed E-state index contributed by atoms with van der Waals surface area (Å²) < 4.78 is 0. The molecule has 0 unspecified atom stereocenters. The lowest BCUT2D eigenvalue weighted by molar-refractivity contribution is -0.140. The van der Waals surface area contributed by atoms with Crippen LogP contribution in [0.5, 0.6) is 0 Å². The molecule has 13 nitrogen and oxygen atoms in total. The fourth-order valence-corrected chi connectivity index (χ4v) is 4.07. The molecule has 1 heterocycles. The molecule has 198 valence electrons. The molecule has 0 radical (unpaired) electrons. The molecule has 5 N–H and O–H groups in total. The minimum absolute atomic E-state index is 0.0771. The molecule has 0 saturated heterocycles. The van der Waals surface area contributed by atoms with Gasteiger partial charge in [0, 0.05) is 26.2 Å². The molecule has 1 aliphatic rings. The number of carboxylic acids is 3. The van der Waals surface area contributed by atoms with Crippen LogP contribution in [0.25, 0.3) is 10.8 Å². The molecule has 3 rings (SSSR count). The highest BCUT2D eigenvalue weighted by atomic mass is 16.4. The predicted molar refractivity (Wildman–Crippen MR) is 133 cm³/mol. The Bertz CT molecular complexity index is 1100. The van der Waals surface area contributed by atoms with Crippen LogP contribution in [0.1, 0.15) is 0 Å². The molecule has 2 aromatic rings. The fourth-order valence-electron chi connectivity index (χ4n) is 4.07. The summed E-state index contributed by atoms with van der Waals surface area (Å²) in [5, 5.41) is 34.9. The number of hydrogen-bond donors (Lipinski definition) is 5. The van der Waals surface area contributed by atoms with Gasteiger partial charge < -0.3 is 26.0 Å². The number of rotatable bonds is 6. The summed E-state index contributed by atoms with van der Waals surface area (Å²) in [6.07, 6.45) is 0. The van der Waals surface area contributed by atoms with Gasteiger partial charge in [0.1, 0.15) is 0 Å². The first-order valence-corrected chi connectivity index (χ1v) is 11.5. The van der Waals surface area contributed by atoms with E-state index in [2.05, 4.69) is 10.6 Å². The van der Waals surface area contributed by atoms with Gasteiger partial charge in [-0.1, -0.05) is 24.3 Å². The Morgan fingerprint density at radius 1 is 0.649 bits per heavy atom. The number of aliphatic carboxylic acids is 3. The molecular formula is C24H29N5O8. The standard InChI is InChI=1S/C24H29N5O8/c30-20-11-28(14-23(34)35)7-5-27(13-22(32)33)6-8-29(15-24(36)37)12-21(31)26-19-10-17-4-2-1-3-16(17)9-18(19)25-20/h1-4,9-10H,5-8,11-15H2,(H,25,30)(H,26,31)(H,32,33)(H,34,35)(H,36,37). The van der Waals surface area contributed by atoms with E-state index in [0.29, 0.717) is 11.4 Å². The minimum atomic E-state index is -1.15. The Morgan fingerprint density at radius 3 is 1.38 bits per heavy atom. The van der Waals surface area contributed by atoms with Crippen molar-refractivity contribution in [1.29, 1.82) is 0 Å². The smallest absolute Gasteiger partial charge is 0.317 e. The molecule has 0 aliphatic carbocycles. The predicted octanol–water partition coefficient (Wildman–Crippen LogP) is -0.110. The Hall–Kier alpha value is -4.07. The third-order valence-electron chi connectivity index (χ3n) is 5.71. The first kappa shape index (κ1) is 27.5. The number of fused-ring (bicyclic) bond motifs is 2. The first-order chi connectivity index (χ1) is 17.6. The van der Waals surface area contributed by atoms with E-state index in [1.54, 1.807) is 12.1 Å². The second-order valence-electron chi connectivity index (χ2n) is 8.72. The number of carbonyl (C=O) groups excluding carboxylic acids is 2. The van der Waals surface area contributed by atoms with E-state index in [9.17, 15) is 39.3 Å². The van der Waals surface area contributed by atoms with E-state index in [-0.39, 0.29) is 45.8 Å². The van der Waals surface area contributed by atoms with Gasteiger partial charge >= 0.3 is 17.9 Å². The lowest BCUT2D eigenvalue weighted by Crippen LogP contribution is -2.46. The van der Waals surface area contributed by atoms with Crippen LogP contribution in [0.15, 0.2) is 36.4 Å². The normalized spacial score (nSPS) is 17.2. The van der Waals surface area contributed by atoms with Crippen molar-refractivity contribution in [2.24, 2.45) is 0 Å². The SMILES string of the molecule is O=C(O)CN1CCN(CC(=O)O)CC(=O)Nc2cc3ccccc3cc2NC(=O)CN(CC(=O)O)CC1. The maximum atomic E-state index is 12.9. The summed E-state index contributed by atoms with van der Waals surface area (Å²) in [5.74, 6) is -4.45. The fraction of sp³-hybridized carbons (Fsp3) is 0.375. The Labute approximate surface area is 212 Å². The molecule has 0 atom stereocenters. The van der Waals surface area contributed by atoms with Crippen molar-refractivity contribution < 1.29 is 39.3 Å². The van der Waals surface area contributed by atoms with E-state index in [0.717, 1.165) is 10.8 Å². The maximum absolute atomic E-state index is 12.9. The van der Waals surface area contributed by atoms with Crippen molar-refractivity contribution in [3.63, 3.8) is 0 Å². The number of anilines is 2. The molecule has 0 bridgehead atoms. The number of amides is 2. The zero-order valence-corrected chi connectivity index (χ0v) is 20.1. The number of carbonyl (C=O) groups is 5. The summed E-state index contributed by atoms with van der Waals surface area (Å²) in [7, 11) is 0. The highest BCUT2D eigenvalue weighted by Crippen LogP contribution is 2.28. The van der Waals surface area contributed by atoms with Gasteiger partial charge in [-0.05, 0) is 22.9 Å². The number of carboxylic acid groups (broad SMARTS) is 3. The van der Waals surface area contributed by atoms with Gasteiger partial charge in [0.25, 0.3) is 0 Å². The van der Waals surface area contributed by atoms with Crippen LogP contribution in [0.3, 0.4) is 0 Å². The van der Waals surface area contributed by atoms with Crippen LogP contribution in [-0.2, 0) is 24.0 Å². The van der Waals surface area contributed by atoms with Crippen molar-refractivity contribution in [3.8, 4) is 0 Å². The van der Waals surface area contributed by atoms with Crippen LogP contribution in [-0.4, -0.2) is 119 Å². The van der Waals surface area contributed by atoms with E-state index < -0.39 is 42.8 Å². The molecule has 0 saturated carbocycles. The number of hydrogen-bond acceptors (Lipinski definition) is 8. The van der Waals surface area contributed by atoms with E-state index >= 15 is 0 Å². The van der Waals surface area contributed by atoms with Crippen LogP contribution in [0, 0.1) is 0 Å². The summed E-state index contributed by atoms with van der Waals surface area (Å²) in [6.45, 7) is -1.44. The third-order valence-corrected chi connectivity index (χ3v) is 5.71. The van der Waals surface area contributed by atoms with E-state index in [4.69, 9.17) is 0 Å². The molecule has 13 heteroatoms. The molecule has 2 amide bonds. The van der Waals surface area contributed by atoms with Gasteiger partial charge in [0.15, 0.2) is 0 Å². The monoisotopic (exact) mass is 515 g/mol. The number of benzene rings is 2. The molecule has 2 aromatic carbocycles. The second kappa shape index (κ2) is 12.8. The topological polar surface area (TPSA) is 180 Å². The van der Waals surface area contributed by atoms with Gasteiger partial charge in [-0.3, -0.25) is 38.7 Å². The van der Waals surface area contributed by atoms with Gasteiger partial charge in [0.2, 0.25) is 11.8 Å². The first-order valence-electron chi connectivity index (χ1n) is 11.5. The number of nitrogens with zero attached hydrogens (tertiary/aromatic N) is 3. The summed E-state index contributed by atoms with van der Waals surface area (Å²) >= 11 is 0. The Balaban J connectivity index is 1.96. The largest absolute Gasteiger partial charge is 0.480 e. The zero-order chi connectivity index (χ0) is 26.9. The molecule has 1 aliphatic heterocycles. The number of nitrogens with one attached hydrogen (secondary N) is 2. The van der Waals surface area contributed by atoms with Crippen molar-refractivity contribution >= 4 is 51.9 Å². The maximum Gasteiger partial charge on any atom is 0.317 e. The summed E-state index contributed by atoms with van der Waals surface area (Å²) in [5.41, 5.74) is 0.610. The molecule has 0 fully saturated rings. The lowest BCUT2D eigenvalue weighted by atomic mass is 10.1. The summed E-state index contributed by atoms with van der Waals surface area (Å²) in [4.78, 5) is 64.2. The highest BCUT2D eigenvalue weighted by molar-refractivity contribution is 6.05. The van der Waals surface area contributed by atoms with E-state index in [1.807, 2.05) is 24.3 Å². The third kappa shape index (κ3) is 8.83.